The van der Waals surface area contributed by atoms with E-state index in [1.807, 2.05) is 0 Å². The molecule has 2 saturated carbocycles. The fraction of sp³-hybridized carbons (Fsp3) is 0.714. The zero-order chi connectivity index (χ0) is 17.0. The predicted molar refractivity (Wildman–Crippen MR) is 78.9 cm³/mol. The molecule has 0 spiro atoms. The molecule has 0 unspecified atom stereocenters. The summed E-state index contributed by atoms with van der Waals surface area (Å²) < 4.78 is 15.9. The van der Waals surface area contributed by atoms with Gasteiger partial charge in [-0.25, -0.2) is 0 Å². The van der Waals surface area contributed by atoms with Crippen molar-refractivity contribution in [2.45, 2.75) is 47.0 Å². The summed E-state index contributed by atoms with van der Waals surface area (Å²) in [5.74, 6) is -3.28. The Bertz CT molecular complexity index is 533. The Hall–Kier alpha value is -0.660. The van der Waals surface area contributed by atoms with Gasteiger partial charge in [0.25, 0.3) is 0 Å². The number of rotatable bonds is 5. The smallest absolute Gasteiger partial charge is 0.302 e. The lowest BCUT2D eigenvalue weighted by molar-refractivity contribution is -0.233. The summed E-state index contributed by atoms with van der Waals surface area (Å²) >= 11 is 13.2. The molecule has 0 aromatic heterocycles. The minimum Gasteiger partial charge on any atom is -0.460 e. The highest BCUT2D eigenvalue weighted by molar-refractivity contribution is 6.45. The number of ketones is 1. The molecule has 2 aliphatic carbocycles. The lowest BCUT2D eigenvalue weighted by atomic mass is 9.78. The van der Waals surface area contributed by atoms with Gasteiger partial charge < -0.3 is 19.3 Å². The second-order valence-corrected chi connectivity index (χ2v) is 6.76. The number of ether oxygens (including phenoxy) is 3. The van der Waals surface area contributed by atoms with Gasteiger partial charge in [-0.15, -0.1) is 29.8 Å². The van der Waals surface area contributed by atoms with E-state index in [4.69, 9.17) is 37.4 Å². The number of methoxy groups -OCH3 is 2. The molecule has 2 fully saturated rings. The van der Waals surface area contributed by atoms with Crippen LogP contribution in [0.15, 0.2) is 12.7 Å². The van der Waals surface area contributed by atoms with E-state index in [2.05, 4.69) is 6.58 Å². The molecule has 2 aliphatic rings. The van der Waals surface area contributed by atoms with Gasteiger partial charge in [0, 0.05) is 34.0 Å². The molecule has 0 aromatic carbocycles. The highest BCUT2D eigenvalue weighted by atomic mass is 35.5. The first-order chi connectivity index (χ1) is 10.1. The van der Waals surface area contributed by atoms with Crippen LogP contribution in [-0.4, -0.2) is 58.3 Å². The topological polar surface area (TPSA) is 82.1 Å². The molecule has 4 atom stereocenters. The maximum absolute atomic E-state index is 12.9. The molecular weight excluding hydrogens is 335 g/mol. The lowest BCUT2D eigenvalue weighted by Gasteiger charge is -2.41. The quantitative estimate of drug-likeness (QED) is 0.346. The first-order valence-corrected chi connectivity index (χ1v) is 7.40. The van der Waals surface area contributed by atoms with E-state index >= 15 is 0 Å². The Morgan fingerprint density at radius 1 is 1.45 bits per heavy atom. The van der Waals surface area contributed by atoms with Gasteiger partial charge in [-0.3, -0.25) is 9.59 Å². The largest absolute Gasteiger partial charge is 0.460 e. The summed E-state index contributed by atoms with van der Waals surface area (Å²) in [5, 5.41) is 10.9. The van der Waals surface area contributed by atoms with E-state index in [1.165, 1.54) is 27.2 Å². The minimum atomic E-state index is -2.04. The normalized spacial score (nSPS) is 42.5. The molecule has 2 bridgehead atoms. The van der Waals surface area contributed by atoms with Crippen LogP contribution < -0.4 is 0 Å². The van der Waals surface area contributed by atoms with Gasteiger partial charge in [0.15, 0.2) is 16.3 Å². The van der Waals surface area contributed by atoms with Crippen molar-refractivity contribution in [2.24, 2.45) is 0 Å². The monoisotopic (exact) mass is 352 g/mol. The average Bonchev–Trinajstić information content (AvgIpc) is 2.69. The highest BCUT2D eigenvalue weighted by Crippen LogP contribution is 2.68. The Morgan fingerprint density at radius 3 is 2.41 bits per heavy atom. The third-order valence-electron chi connectivity index (χ3n) is 4.60. The first kappa shape index (κ1) is 17.7. The SMILES string of the molecule is C=CC[C@@]1(O)C(=O)[C@]2(Cl)[C@H](OC(C)=O)C[C@@]1(Cl)C2(OC)OC. The molecule has 0 heterocycles. The molecule has 2 rings (SSSR count). The fourth-order valence-corrected chi connectivity index (χ4v) is 4.99. The van der Waals surface area contributed by atoms with E-state index in [0.717, 1.165) is 0 Å². The third-order valence-corrected chi connectivity index (χ3v) is 5.98. The van der Waals surface area contributed by atoms with Gasteiger partial charge in [0.05, 0.1) is 0 Å². The Kier molecular flexibility index (Phi) is 4.16. The van der Waals surface area contributed by atoms with Crippen LogP contribution in [0.4, 0.5) is 0 Å². The van der Waals surface area contributed by atoms with E-state index in [9.17, 15) is 14.7 Å². The lowest BCUT2D eigenvalue weighted by Crippen LogP contribution is -2.60. The summed E-state index contributed by atoms with van der Waals surface area (Å²) in [6.45, 7) is 4.72. The molecule has 6 nitrogen and oxygen atoms in total. The van der Waals surface area contributed by atoms with Crippen molar-refractivity contribution in [2.75, 3.05) is 14.2 Å². The van der Waals surface area contributed by atoms with E-state index in [0.29, 0.717) is 0 Å². The van der Waals surface area contributed by atoms with Crippen molar-refractivity contribution < 1.29 is 28.9 Å². The standard InChI is InChI=1S/C14H18Cl2O6/c1-5-6-11(19)10(18)13(16)9(22-8(2)17)7-12(11,15)14(13,20-3)21-4/h5,9,19H,1,6-7H2,2-4H3/t9-,11-,12+,13-/m1/s1. The number of hydrogen-bond donors (Lipinski definition) is 1. The average molecular weight is 353 g/mol. The zero-order valence-corrected chi connectivity index (χ0v) is 14.0. The van der Waals surface area contributed by atoms with Crippen LogP contribution in [0, 0.1) is 0 Å². The molecule has 0 aliphatic heterocycles. The molecule has 0 saturated heterocycles. The maximum atomic E-state index is 12.9. The molecule has 8 heteroatoms. The second-order valence-electron chi connectivity index (χ2n) is 5.52. The Labute approximate surface area is 138 Å². The fourth-order valence-electron chi connectivity index (χ4n) is 3.74. The molecule has 1 N–H and O–H groups in total. The van der Waals surface area contributed by atoms with Crippen molar-refractivity contribution in [3.05, 3.63) is 12.7 Å². The minimum absolute atomic E-state index is 0.102. The van der Waals surface area contributed by atoms with E-state index < -0.39 is 39.0 Å². The molecule has 124 valence electrons. The number of alkyl halides is 2. The number of halogens is 2. The van der Waals surface area contributed by atoms with Gasteiger partial charge in [-0.2, -0.15) is 0 Å². The predicted octanol–water partition coefficient (Wildman–Crippen LogP) is 1.16. The van der Waals surface area contributed by atoms with Crippen molar-refractivity contribution in [1.82, 2.24) is 0 Å². The maximum Gasteiger partial charge on any atom is 0.302 e. The third kappa shape index (κ3) is 1.62. The summed E-state index contributed by atoms with van der Waals surface area (Å²) in [6, 6.07) is 0. The summed E-state index contributed by atoms with van der Waals surface area (Å²) in [6.07, 6.45) is 0.0436. The van der Waals surface area contributed by atoms with Gasteiger partial charge in [0.1, 0.15) is 11.0 Å². The first-order valence-electron chi connectivity index (χ1n) is 6.64. The Balaban J connectivity index is 2.69. The van der Waals surface area contributed by atoms with Gasteiger partial charge >= 0.3 is 5.97 Å². The van der Waals surface area contributed by atoms with Crippen molar-refractivity contribution >= 4 is 35.0 Å². The van der Waals surface area contributed by atoms with E-state index in [-0.39, 0.29) is 12.8 Å². The van der Waals surface area contributed by atoms with E-state index in [1.54, 1.807) is 0 Å². The highest BCUT2D eigenvalue weighted by Gasteiger charge is 2.91. The molecule has 0 aromatic rings. The van der Waals surface area contributed by atoms with Crippen molar-refractivity contribution in [1.29, 1.82) is 0 Å². The van der Waals surface area contributed by atoms with Gasteiger partial charge in [-0.05, 0) is 0 Å². The van der Waals surface area contributed by atoms with Crippen LogP contribution in [0.1, 0.15) is 19.8 Å². The van der Waals surface area contributed by atoms with Gasteiger partial charge in [0.2, 0.25) is 5.79 Å². The number of aliphatic hydroxyl groups is 1. The molecule has 0 radical (unpaired) electrons. The van der Waals surface area contributed by atoms with Crippen molar-refractivity contribution in [3.63, 3.8) is 0 Å². The van der Waals surface area contributed by atoms with Crippen molar-refractivity contribution in [3.8, 4) is 0 Å². The number of esters is 1. The summed E-state index contributed by atoms with van der Waals surface area (Å²) in [7, 11) is 2.53. The summed E-state index contributed by atoms with van der Waals surface area (Å²) in [5.41, 5.74) is -2.04. The Morgan fingerprint density at radius 2 is 2.00 bits per heavy atom. The summed E-state index contributed by atoms with van der Waals surface area (Å²) in [4.78, 5) is 20.5. The van der Waals surface area contributed by atoms with Crippen LogP contribution in [0.25, 0.3) is 0 Å². The molecular formula is C14H18Cl2O6. The number of fused-ring (bicyclic) bond motifs is 2. The number of carbonyl (C=O) groups is 2. The number of Topliss-reactive ketones (excluding diaryl/α,β-unsaturated/α-hetero) is 1. The van der Waals surface area contributed by atoms with Crippen LogP contribution in [-0.2, 0) is 23.8 Å². The van der Waals surface area contributed by atoms with Crippen LogP contribution in [0.5, 0.6) is 0 Å². The van der Waals surface area contributed by atoms with Crippen LogP contribution in [0.2, 0.25) is 0 Å². The van der Waals surface area contributed by atoms with Gasteiger partial charge in [-0.1, -0.05) is 6.08 Å². The van der Waals surface area contributed by atoms with Crippen LogP contribution in [0.3, 0.4) is 0 Å². The van der Waals surface area contributed by atoms with Crippen LogP contribution >= 0.6 is 23.2 Å². The number of hydrogen-bond acceptors (Lipinski definition) is 6. The molecule has 22 heavy (non-hydrogen) atoms. The molecule has 0 amide bonds. The zero-order valence-electron chi connectivity index (χ0n) is 12.5. The number of carbonyl (C=O) groups excluding carboxylic acids is 2. The second kappa shape index (κ2) is 5.18.